The van der Waals surface area contributed by atoms with Crippen molar-refractivity contribution >= 4 is 18.3 Å². The summed E-state index contributed by atoms with van der Waals surface area (Å²) in [5, 5.41) is 20.0. The van der Waals surface area contributed by atoms with Crippen LogP contribution in [0.1, 0.15) is 50.6 Å². The predicted octanol–water partition coefficient (Wildman–Crippen LogP) is 0.903. The molecule has 1 aromatic heterocycles. The summed E-state index contributed by atoms with van der Waals surface area (Å²) in [4.78, 5) is 36.2. The minimum Gasteiger partial charge on any atom is -0.483 e. The third-order valence-corrected chi connectivity index (χ3v) is 6.69. The quantitative estimate of drug-likeness (QED) is 0.474. The highest BCUT2D eigenvalue weighted by molar-refractivity contribution is 5.80. The molecular weight excluding hydrogens is 414 g/mol. The maximum Gasteiger partial charge on any atom is 0.290 e. The van der Waals surface area contributed by atoms with Crippen LogP contribution in [0.2, 0.25) is 0 Å². The Hall–Kier alpha value is -2.46. The van der Waals surface area contributed by atoms with Crippen LogP contribution >= 0.6 is 0 Å². The smallest absolute Gasteiger partial charge is 0.290 e. The molecule has 4 N–H and O–H groups in total. The Morgan fingerprint density at radius 2 is 1.88 bits per heavy atom. The van der Waals surface area contributed by atoms with Gasteiger partial charge >= 0.3 is 0 Å². The third-order valence-electron chi connectivity index (χ3n) is 6.69. The number of hydrogen-bond acceptors (Lipinski definition) is 6. The molecule has 1 saturated carbocycles. The normalized spacial score (nSPS) is 24.9. The number of H-pyrrole nitrogens is 1. The fraction of sp³-hybridized carbons (Fsp3) is 0.727. The molecule has 0 aromatic carbocycles. The molecule has 2 aliphatic heterocycles. The van der Waals surface area contributed by atoms with E-state index in [0.29, 0.717) is 12.6 Å². The highest BCUT2D eigenvalue weighted by atomic mass is 16.5. The zero-order valence-electron chi connectivity index (χ0n) is 18.5. The lowest BCUT2D eigenvalue weighted by atomic mass is 9.84. The summed E-state index contributed by atoms with van der Waals surface area (Å²) in [5.74, 6) is 0.424. The van der Waals surface area contributed by atoms with Gasteiger partial charge in [0.2, 0.25) is 11.8 Å². The highest BCUT2D eigenvalue weighted by Gasteiger charge is 2.34. The average Bonchev–Trinajstić information content (AvgIpc) is 3.18. The molecule has 0 radical (unpaired) electrons. The van der Waals surface area contributed by atoms with Gasteiger partial charge in [0, 0.05) is 50.5 Å². The van der Waals surface area contributed by atoms with Gasteiger partial charge in [-0.1, -0.05) is 6.42 Å². The number of amides is 2. The molecule has 0 bridgehead atoms. The molecule has 2 amide bonds. The van der Waals surface area contributed by atoms with Gasteiger partial charge in [0.25, 0.3) is 6.47 Å². The van der Waals surface area contributed by atoms with Gasteiger partial charge in [0.05, 0.1) is 18.2 Å². The summed E-state index contributed by atoms with van der Waals surface area (Å²) in [6.07, 6.45) is 8.51. The zero-order chi connectivity index (χ0) is 22.8. The molecule has 1 aliphatic carbocycles. The van der Waals surface area contributed by atoms with Gasteiger partial charge in [-0.15, -0.1) is 0 Å². The van der Waals surface area contributed by atoms with E-state index in [1.807, 2.05) is 6.07 Å². The maximum atomic E-state index is 12.9. The van der Waals surface area contributed by atoms with E-state index in [2.05, 4.69) is 25.7 Å². The summed E-state index contributed by atoms with van der Waals surface area (Å²) in [6.45, 7) is 3.34. The summed E-state index contributed by atoms with van der Waals surface area (Å²) in [6, 6.07) is 2.41. The van der Waals surface area contributed by atoms with E-state index in [4.69, 9.17) is 14.6 Å². The summed E-state index contributed by atoms with van der Waals surface area (Å²) >= 11 is 0. The van der Waals surface area contributed by atoms with Crippen LogP contribution in [0.25, 0.3) is 0 Å². The molecule has 3 fully saturated rings. The number of likely N-dealkylation sites (tertiary alicyclic amines) is 1. The Balaban J connectivity index is 0.000000913. The van der Waals surface area contributed by atoms with E-state index >= 15 is 0 Å². The molecule has 2 atom stereocenters. The number of hydrogen-bond donors (Lipinski definition) is 4. The van der Waals surface area contributed by atoms with Crippen molar-refractivity contribution < 1.29 is 24.2 Å². The van der Waals surface area contributed by atoms with E-state index in [1.54, 1.807) is 6.20 Å². The summed E-state index contributed by atoms with van der Waals surface area (Å²) < 4.78 is 5.54. The van der Waals surface area contributed by atoms with E-state index in [9.17, 15) is 9.59 Å². The fourth-order valence-electron chi connectivity index (χ4n) is 4.61. The first-order valence-corrected chi connectivity index (χ1v) is 11.6. The zero-order valence-corrected chi connectivity index (χ0v) is 18.5. The van der Waals surface area contributed by atoms with Crippen LogP contribution in [0.4, 0.5) is 0 Å². The van der Waals surface area contributed by atoms with E-state index in [0.717, 1.165) is 76.9 Å². The van der Waals surface area contributed by atoms with E-state index in [-0.39, 0.29) is 36.2 Å². The van der Waals surface area contributed by atoms with Crippen molar-refractivity contribution in [2.24, 2.45) is 11.8 Å². The lowest BCUT2D eigenvalue weighted by Gasteiger charge is -2.36. The third kappa shape index (κ3) is 7.03. The van der Waals surface area contributed by atoms with Gasteiger partial charge in [0.1, 0.15) is 0 Å². The Bertz CT molecular complexity index is 718. The van der Waals surface area contributed by atoms with Crippen LogP contribution in [0.3, 0.4) is 0 Å². The van der Waals surface area contributed by atoms with Crippen molar-refractivity contribution in [3.8, 4) is 0 Å². The van der Waals surface area contributed by atoms with Crippen molar-refractivity contribution in [3.05, 3.63) is 18.0 Å². The minimum atomic E-state index is -0.250. The fourth-order valence-corrected chi connectivity index (χ4v) is 4.61. The number of aromatic amines is 1. The average molecular weight is 450 g/mol. The summed E-state index contributed by atoms with van der Waals surface area (Å²) in [5.41, 5.74) is 0.902. The molecule has 0 spiro atoms. The van der Waals surface area contributed by atoms with Gasteiger partial charge in [-0.05, 0) is 44.6 Å². The van der Waals surface area contributed by atoms with Gasteiger partial charge in [0.15, 0.2) is 0 Å². The molecular formula is C22H35N5O5. The molecule has 10 nitrogen and oxygen atoms in total. The second kappa shape index (κ2) is 12.5. The first-order chi connectivity index (χ1) is 15.6. The molecule has 2 saturated heterocycles. The lowest BCUT2D eigenvalue weighted by Crippen LogP contribution is -2.50. The summed E-state index contributed by atoms with van der Waals surface area (Å²) in [7, 11) is 0. The number of ether oxygens (including phenoxy) is 1. The Morgan fingerprint density at radius 1 is 1.12 bits per heavy atom. The van der Waals surface area contributed by atoms with Crippen molar-refractivity contribution in [1.29, 1.82) is 0 Å². The minimum absolute atomic E-state index is 0.0635. The van der Waals surface area contributed by atoms with Crippen molar-refractivity contribution in [1.82, 2.24) is 25.7 Å². The molecule has 3 heterocycles. The van der Waals surface area contributed by atoms with Gasteiger partial charge in [-0.25, -0.2) is 0 Å². The first-order valence-electron chi connectivity index (χ1n) is 11.6. The Morgan fingerprint density at radius 3 is 2.50 bits per heavy atom. The van der Waals surface area contributed by atoms with Crippen LogP contribution in [0.15, 0.2) is 12.3 Å². The number of carbonyl (C=O) groups is 3. The SMILES string of the molecule is O=C(N[C@H]1CC[C@@H](C(=O)NCc2ccn[nH]2)CN(C2CCOCC2)C1)C1CCC1.O=CO. The van der Waals surface area contributed by atoms with E-state index in [1.165, 1.54) is 0 Å². The number of carboxylic acid groups (broad SMARTS) is 1. The van der Waals surface area contributed by atoms with Crippen molar-refractivity contribution in [2.45, 2.75) is 63.6 Å². The van der Waals surface area contributed by atoms with Crippen LogP contribution in [-0.4, -0.2) is 76.9 Å². The van der Waals surface area contributed by atoms with Gasteiger partial charge in [-0.2, -0.15) is 5.10 Å². The molecule has 4 rings (SSSR count). The van der Waals surface area contributed by atoms with Crippen LogP contribution < -0.4 is 10.6 Å². The maximum absolute atomic E-state index is 12.9. The van der Waals surface area contributed by atoms with Crippen molar-refractivity contribution in [3.63, 3.8) is 0 Å². The number of nitrogens with one attached hydrogen (secondary N) is 3. The molecule has 0 unspecified atom stereocenters. The Labute approximate surface area is 188 Å². The van der Waals surface area contributed by atoms with Crippen LogP contribution in [0, 0.1) is 11.8 Å². The standard InChI is InChI=1S/C21H33N5O3.CH2O2/c27-20(22-12-17-6-9-23-25-17)16-4-5-18(24-21(28)15-2-1-3-15)14-26(13-16)19-7-10-29-11-8-19;2-1-3/h6,9,15-16,18-19H,1-5,7-8,10-14H2,(H,22,27)(H,23,25)(H,24,28);1H,(H,2,3)/t16-,18+;/m1./s1. The lowest BCUT2D eigenvalue weighted by molar-refractivity contribution is -0.128. The molecule has 1 aromatic rings. The van der Waals surface area contributed by atoms with Crippen LogP contribution in [0.5, 0.6) is 0 Å². The molecule has 3 aliphatic rings. The monoisotopic (exact) mass is 449 g/mol. The topological polar surface area (TPSA) is 137 Å². The Kier molecular flexibility index (Phi) is 9.48. The largest absolute Gasteiger partial charge is 0.483 e. The number of rotatable bonds is 6. The van der Waals surface area contributed by atoms with Crippen molar-refractivity contribution in [2.75, 3.05) is 26.3 Å². The van der Waals surface area contributed by atoms with E-state index < -0.39 is 0 Å². The molecule has 178 valence electrons. The number of carbonyl (C=O) groups excluding carboxylic acids is 2. The molecule has 10 heteroatoms. The van der Waals surface area contributed by atoms with Gasteiger partial charge in [-0.3, -0.25) is 24.4 Å². The number of nitrogens with zero attached hydrogens (tertiary/aromatic N) is 2. The highest BCUT2D eigenvalue weighted by Crippen LogP contribution is 2.28. The van der Waals surface area contributed by atoms with Crippen LogP contribution in [-0.2, 0) is 25.7 Å². The first kappa shape index (κ1) is 24.2. The molecule has 32 heavy (non-hydrogen) atoms. The predicted molar refractivity (Wildman–Crippen MR) is 117 cm³/mol. The second-order valence-corrected chi connectivity index (χ2v) is 8.81. The second-order valence-electron chi connectivity index (χ2n) is 8.81. The van der Waals surface area contributed by atoms with Gasteiger partial charge < -0.3 is 20.5 Å². The number of aromatic nitrogens is 2.